The molecule has 13 unspecified atom stereocenters. The quantitative estimate of drug-likeness (QED) is 0.112. The number of ether oxygens (including phenoxy) is 3. The monoisotopic (exact) mass is 670 g/mol. The molecule has 13 atom stereocenters. The third-order valence-corrected chi connectivity index (χ3v) is 16.7. The zero-order valence-corrected chi connectivity index (χ0v) is 31.6. The molecule has 6 bridgehead atoms. The van der Waals surface area contributed by atoms with Crippen molar-refractivity contribution in [1.29, 1.82) is 0 Å². The van der Waals surface area contributed by atoms with Gasteiger partial charge in [0, 0.05) is 5.41 Å². The number of carbonyl (C=O) groups is 3. The van der Waals surface area contributed by atoms with E-state index in [0.717, 1.165) is 43.9 Å². The molecule has 0 spiro atoms. The van der Waals surface area contributed by atoms with E-state index in [9.17, 15) is 19.5 Å². The Morgan fingerprint density at radius 1 is 0.833 bits per heavy atom. The Labute approximate surface area is 290 Å². The molecule has 6 aliphatic rings. The van der Waals surface area contributed by atoms with Crippen LogP contribution in [0.1, 0.15) is 139 Å². The second-order valence-corrected chi connectivity index (χ2v) is 19.7. The molecule has 7 nitrogen and oxygen atoms in total. The van der Waals surface area contributed by atoms with Gasteiger partial charge < -0.3 is 19.3 Å². The first-order valence-electron chi connectivity index (χ1n) is 19.6. The maximum atomic E-state index is 15.0. The Morgan fingerprint density at radius 2 is 1.46 bits per heavy atom. The Hall–Kier alpha value is -1.63. The fourth-order valence-corrected chi connectivity index (χ4v) is 12.9. The lowest BCUT2D eigenvalue weighted by atomic mass is 9.57. The summed E-state index contributed by atoms with van der Waals surface area (Å²) < 4.78 is 18.6. The summed E-state index contributed by atoms with van der Waals surface area (Å²) in [6, 6.07) is 0. The van der Waals surface area contributed by atoms with Crippen molar-refractivity contribution in [2.24, 2.45) is 80.3 Å². The first-order valence-corrected chi connectivity index (χ1v) is 19.6. The van der Waals surface area contributed by atoms with Crippen molar-refractivity contribution in [1.82, 2.24) is 0 Å². The van der Waals surface area contributed by atoms with Crippen LogP contribution in [-0.2, 0) is 28.6 Å². The van der Waals surface area contributed by atoms with Crippen LogP contribution in [0.3, 0.4) is 0 Å². The highest BCUT2D eigenvalue weighted by atomic mass is 16.7. The predicted octanol–water partition coefficient (Wildman–Crippen LogP) is 8.92. The third kappa shape index (κ3) is 5.76. The highest BCUT2D eigenvalue weighted by Crippen LogP contribution is 2.68. The van der Waals surface area contributed by atoms with Gasteiger partial charge >= 0.3 is 17.9 Å². The largest absolute Gasteiger partial charge is 0.481 e. The normalized spacial score (nSPS) is 41.7. The highest BCUT2D eigenvalue weighted by molar-refractivity contribution is 5.81. The van der Waals surface area contributed by atoms with Gasteiger partial charge in [-0.05, 0) is 163 Å². The van der Waals surface area contributed by atoms with E-state index in [-0.39, 0.29) is 47.5 Å². The van der Waals surface area contributed by atoms with E-state index < -0.39 is 22.2 Å². The van der Waals surface area contributed by atoms with Gasteiger partial charge in [0.1, 0.15) is 6.10 Å². The molecule has 6 aliphatic carbocycles. The lowest BCUT2D eigenvalue weighted by Crippen LogP contribution is -2.51. The Balaban J connectivity index is 1.23. The van der Waals surface area contributed by atoms with Gasteiger partial charge in [-0.1, -0.05) is 34.6 Å². The number of hydrogen-bond acceptors (Lipinski definition) is 6. The van der Waals surface area contributed by atoms with Crippen LogP contribution >= 0.6 is 0 Å². The van der Waals surface area contributed by atoms with Crippen LogP contribution < -0.4 is 0 Å². The number of carbonyl (C=O) groups excluding carboxylic acids is 2. The van der Waals surface area contributed by atoms with E-state index in [2.05, 4.69) is 34.6 Å². The highest BCUT2D eigenvalue weighted by Gasteiger charge is 2.65. The average molecular weight is 671 g/mol. The maximum absolute atomic E-state index is 15.0. The summed E-state index contributed by atoms with van der Waals surface area (Å²) in [5, 5.41) is 10.1. The minimum absolute atomic E-state index is 0.0454. The molecule has 48 heavy (non-hydrogen) atoms. The van der Waals surface area contributed by atoms with Crippen LogP contribution in [0.2, 0.25) is 0 Å². The SMILES string of the molecule is CCC(C)(CC(C)(C(=O)OC1CC2CCC1(C)C2(C)C)C1C2CCC(C2)C1CC(C)(C)C(=O)O)C(=O)OCOCC1C2CCC(C2)C1C. The molecule has 0 heterocycles. The first kappa shape index (κ1) is 36.2. The number of fused-ring (bicyclic) bond motifs is 6. The van der Waals surface area contributed by atoms with E-state index in [1.165, 1.54) is 25.7 Å². The van der Waals surface area contributed by atoms with E-state index in [4.69, 9.17) is 14.2 Å². The standard InChI is InChI=1S/C41H66O7/c1-10-39(7,35(44)47-23-46-21-31-24(2)25-11-12-27(31)17-25)22-40(8,36(45)48-32-19-29-15-16-41(32,9)38(29,5)6)33-28-14-13-26(18-28)30(33)20-37(3,4)34(42)43/h24-33H,10-23H2,1-9H3,(H,42,43). The molecule has 6 rings (SSSR count). The van der Waals surface area contributed by atoms with Gasteiger partial charge in [-0.2, -0.15) is 0 Å². The van der Waals surface area contributed by atoms with Crippen molar-refractivity contribution in [3.63, 3.8) is 0 Å². The number of aliphatic carboxylic acids is 1. The van der Waals surface area contributed by atoms with Crippen molar-refractivity contribution >= 4 is 17.9 Å². The lowest BCUT2D eigenvalue weighted by molar-refractivity contribution is -0.184. The summed E-state index contributed by atoms with van der Waals surface area (Å²) in [7, 11) is 0. The van der Waals surface area contributed by atoms with Crippen LogP contribution in [-0.4, -0.2) is 42.5 Å². The zero-order chi connectivity index (χ0) is 35.0. The fraction of sp³-hybridized carbons (Fsp3) is 0.927. The second kappa shape index (κ2) is 12.5. The predicted molar refractivity (Wildman–Crippen MR) is 184 cm³/mol. The Morgan fingerprint density at radius 3 is 2.02 bits per heavy atom. The molecule has 0 radical (unpaired) electrons. The van der Waals surface area contributed by atoms with Crippen molar-refractivity contribution in [3.8, 4) is 0 Å². The lowest BCUT2D eigenvalue weighted by Gasteiger charge is -2.48. The van der Waals surface area contributed by atoms with Gasteiger partial charge in [-0.15, -0.1) is 0 Å². The number of hydrogen-bond donors (Lipinski definition) is 1. The molecule has 1 N–H and O–H groups in total. The third-order valence-electron chi connectivity index (χ3n) is 16.7. The van der Waals surface area contributed by atoms with Crippen LogP contribution in [0.5, 0.6) is 0 Å². The summed E-state index contributed by atoms with van der Waals surface area (Å²) in [5.74, 6) is 2.74. The van der Waals surface area contributed by atoms with Gasteiger partial charge in [0.15, 0.2) is 6.79 Å². The van der Waals surface area contributed by atoms with Crippen LogP contribution in [0.4, 0.5) is 0 Å². The van der Waals surface area contributed by atoms with Crippen LogP contribution in [0.15, 0.2) is 0 Å². The molecular weight excluding hydrogens is 604 g/mol. The summed E-state index contributed by atoms with van der Waals surface area (Å²) >= 11 is 0. The number of carboxylic acid groups (broad SMARTS) is 1. The van der Waals surface area contributed by atoms with Crippen molar-refractivity contribution in [2.45, 2.75) is 145 Å². The first-order chi connectivity index (χ1) is 22.4. The van der Waals surface area contributed by atoms with Gasteiger partial charge in [-0.3, -0.25) is 14.4 Å². The molecule has 0 aromatic rings. The van der Waals surface area contributed by atoms with Crippen molar-refractivity contribution in [3.05, 3.63) is 0 Å². The number of rotatable bonds is 14. The van der Waals surface area contributed by atoms with Gasteiger partial charge in [0.25, 0.3) is 0 Å². The van der Waals surface area contributed by atoms with E-state index in [1.54, 1.807) is 0 Å². The maximum Gasteiger partial charge on any atom is 0.313 e. The molecule has 0 aliphatic heterocycles. The Kier molecular flexibility index (Phi) is 9.46. The summed E-state index contributed by atoms with van der Waals surface area (Å²) in [5.41, 5.74) is -2.74. The molecule has 0 aromatic heterocycles. The van der Waals surface area contributed by atoms with Crippen LogP contribution in [0, 0.1) is 80.3 Å². The molecule has 0 amide bonds. The van der Waals surface area contributed by atoms with Gasteiger partial charge in [0.2, 0.25) is 0 Å². The fourth-order valence-electron chi connectivity index (χ4n) is 12.9. The van der Waals surface area contributed by atoms with E-state index in [0.29, 0.717) is 55.5 Å². The molecule has 6 fully saturated rings. The topological polar surface area (TPSA) is 99.1 Å². The minimum atomic E-state index is -0.954. The Bertz CT molecular complexity index is 1260. The van der Waals surface area contributed by atoms with E-state index >= 15 is 0 Å². The number of esters is 2. The minimum Gasteiger partial charge on any atom is -0.481 e. The van der Waals surface area contributed by atoms with Crippen molar-refractivity contribution in [2.75, 3.05) is 13.4 Å². The molecule has 7 heteroatoms. The van der Waals surface area contributed by atoms with Gasteiger partial charge in [0.05, 0.1) is 22.9 Å². The molecular formula is C41H66O7. The molecule has 0 aromatic carbocycles. The summed E-state index contributed by atoms with van der Waals surface area (Å²) in [4.78, 5) is 41.3. The molecule has 0 saturated heterocycles. The molecule has 6 saturated carbocycles. The second-order valence-electron chi connectivity index (χ2n) is 19.7. The van der Waals surface area contributed by atoms with Crippen LogP contribution in [0.25, 0.3) is 0 Å². The molecule has 272 valence electrons. The number of carboxylic acids is 1. The van der Waals surface area contributed by atoms with Crippen molar-refractivity contribution < 1.29 is 33.7 Å². The smallest absolute Gasteiger partial charge is 0.313 e. The zero-order valence-electron chi connectivity index (χ0n) is 31.6. The summed E-state index contributed by atoms with van der Waals surface area (Å²) in [6.45, 7) is 19.5. The summed E-state index contributed by atoms with van der Waals surface area (Å²) in [6.07, 6.45) is 11.4. The average Bonchev–Trinajstić information content (AvgIpc) is 3.86. The van der Waals surface area contributed by atoms with Gasteiger partial charge in [-0.25, -0.2) is 0 Å². The van der Waals surface area contributed by atoms with E-state index in [1.807, 2.05) is 27.7 Å².